The average molecular weight is 504 g/mol. The van der Waals surface area contributed by atoms with Crippen molar-refractivity contribution in [2.24, 2.45) is 5.92 Å². The van der Waals surface area contributed by atoms with Crippen molar-refractivity contribution in [2.45, 2.75) is 51.4 Å². The van der Waals surface area contributed by atoms with Gasteiger partial charge in [-0.2, -0.15) is 0 Å². The number of aromatic nitrogens is 1. The molecule has 2 amide bonds. The molecule has 37 heavy (non-hydrogen) atoms. The van der Waals surface area contributed by atoms with Crippen molar-refractivity contribution in [1.82, 2.24) is 10.3 Å². The standard InChI is InChI=1S/C29H33N3O5/c1-19-27(32-29(37-19)23-6-4-3-5-7-23)28(35)30-17-16-25(33)31-24-14-12-22(13-15-24)21-10-8-20(9-11-21)18-26(34)36-2/h3-7,12-15,20-21H,8-11,16-18H2,1-2H3,(H,30,35)(H,31,33). The Kier molecular flexibility index (Phi) is 8.72. The first-order chi connectivity index (χ1) is 17.9. The molecule has 194 valence electrons. The topological polar surface area (TPSA) is 111 Å². The van der Waals surface area contributed by atoms with Crippen LogP contribution in [0.4, 0.5) is 5.69 Å². The lowest BCUT2D eigenvalue weighted by Crippen LogP contribution is -2.28. The van der Waals surface area contributed by atoms with Crippen LogP contribution in [-0.2, 0) is 14.3 Å². The van der Waals surface area contributed by atoms with E-state index in [0.717, 1.165) is 36.9 Å². The molecule has 1 heterocycles. The molecule has 1 aliphatic rings. The quantitative estimate of drug-likeness (QED) is 0.386. The molecule has 2 aromatic carbocycles. The molecule has 1 aromatic heterocycles. The Bertz CT molecular complexity index is 1210. The fraction of sp³-hybridized carbons (Fsp3) is 0.379. The van der Waals surface area contributed by atoms with Crippen LogP contribution in [0.25, 0.3) is 11.5 Å². The lowest BCUT2D eigenvalue weighted by atomic mass is 9.77. The van der Waals surface area contributed by atoms with Gasteiger partial charge in [-0.3, -0.25) is 14.4 Å². The van der Waals surface area contributed by atoms with Crippen molar-refractivity contribution in [2.75, 3.05) is 19.0 Å². The van der Waals surface area contributed by atoms with E-state index in [4.69, 9.17) is 9.15 Å². The summed E-state index contributed by atoms with van der Waals surface area (Å²) in [5.74, 6) is 1.00. The fourth-order valence-corrected chi connectivity index (χ4v) is 4.77. The number of nitrogens with one attached hydrogen (secondary N) is 2. The van der Waals surface area contributed by atoms with Crippen molar-refractivity contribution in [3.05, 3.63) is 71.6 Å². The predicted molar refractivity (Wildman–Crippen MR) is 140 cm³/mol. The average Bonchev–Trinajstić information content (AvgIpc) is 3.31. The summed E-state index contributed by atoms with van der Waals surface area (Å²) in [7, 11) is 1.44. The number of benzene rings is 2. The highest BCUT2D eigenvalue weighted by Crippen LogP contribution is 2.37. The Morgan fingerprint density at radius 3 is 2.38 bits per heavy atom. The van der Waals surface area contributed by atoms with Gasteiger partial charge in [0, 0.05) is 30.6 Å². The van der Waals surface area contributed by atoms with Crippen molar-refractivity contribution in [3.63, 3.8) is 0 Å². The number of carbonyl (C=O) groups is 3. The molecule has 4 rings (SSSR count). The molecular weight excluding hydrogens is 470 g/mol. The van der Waals surface area contributed by atoms with Crippen LogP contribution in [0.1, 0.15) is 66.3 Å². The number of amides is 2. The van der Waals surface area contributed by atoms with Crippen LogP contribution in [0.2, 0.25) is 0 Å². The zero-order valence-corrected chi connectivity index (χ0v) is 21.3. The SMILES string of the molecule is COC(=O)CC1CCC(c2ccc(NC(=O)CCNC(=O)c3nc(-c4ccccc4)oc3C)cc2)CC1. The van der Waals surface area contributed by atoms with Crippen molar-refractivity contribution >= 4 is 23.5 Å². The second kappa shape index (κ2) is 12.3. The van der Waals surface area contributed by atoms with Gasteiger partial charge < -0.3 is 19.8 Å². The predicted octanol–water partition coefficient (Wildman–Crippen LogP) is 5.25. The minimum Gasteiger partial charge on any atom is -0.469 e. The number of carbonyl (C=O) groups excluding carboxylic acids is 3. The molecule has 0 aliphatic heterocycles. The van der Waals surface area contributed by atoms with E-state index in [1.54, 1.807) is 6.92 Å². The molecule has 0 atom stereocenters. The van der Waals surface area contributed by atoms with Gasteiger partial charge in [-0.25, -0.2) is 4.98 Å². The van der Waals surface area contributed by atoms with Crippen LogP contribution in [0.5, 0.6) is 0 Å². The molecule has 0 unspecified atom stereocenters. The van der Waals surface area contributed by atoms with Gasteiger partial charge in [0.1, 0.15) is 5.76 Å². The van der Waals surface area contributed by atoms with Crippen molar-refractivity contribution in [3.8, 4) is 11.5 Å². The van der Waals surface area contributed by atoms with E-state index in [-0.39, 0.29) is 36.4 Å². The van der Waals surface area contributed by atoms with E-state index in [9.17, 15) is 14.4 Å². The summed E-state index contributed by atoms with van der Waals surface area (Å²) in [4.78, 5) is 40.7. The first kappa shape index (κ1) is 26.1. The second-order valence-electron chi connectivity index (χ2n) is 9.46. The third-order valence-electron chi connectivity index (χ3n) is 6.87. The van der Waals surface area contributed by atoms with Gasteiger partial charge >= 0.3 is 5.97 Å². The highest BCUT2D eigenvalue weighted by molar-refractivity contribution is 5.95. The first-order valence-corrected chi connectivity index (χ1v) is 12.7. The highest BCUT2D eigenvalue weighted by Gasteiger charge is 2.24. The molecule has 8 heteroatoms. The summed E-state index contributed by atoms with van der Waals surface area (Å²) in [5.41, 5.74) is 2.98. The number of hydrogen-bond acceptors (Lipinski definition) is 6. The van der Waals surface area contributed by atoms with Crippen LogP contribution in [0.3, 0.4) is 0 Å². The van der Waals surface area contributed by atoms with Gasteiger partial charge in [0.15, 0.2) is 5.69 Å². The number of hydrogen-bond donors (Lipinski definition) is 2. The molecule has 1 aliphatic carbocycles. The maximum atomic E-state index is 12.5. The number of oxazole rings is 1. The van der Waals surface area contributed by atoms with Gasteiger partial charge in [0.25, 0.3) is 5.91 Å². The minimum atomic E-state index is -0.373. The molecule has 2 N–H and O–H groups in total. The largest absolute Gasteiger partial charge is 0.469 e. The maximum Gasteiger partial charge on any atom is 0.305 e. The normalized spacial score (nSPS) is 17.1. The molecule has 0 spiro atoms. The zero-order chi connectivity index (χ0) is 26.2. The fourth-order valence-electron chi connectivity index (χ4n) is 4.77. The van der Waals surface area contributed by atoms with Crippen molar-refractivity contribution < 1.29 is 23.5 Å². The van der Waals surface area contributed by atoms with E-state index in [1.165, 1.54) is 12.7 Å². The molecule has 0 bridgehead atoms. The van der Waals surface area contributed by atoms with Crippen LogP contribution in [-0.4, -0.2) is 36.4 Å². The highest BCUT2D eigenvalue weighted by atomic mass is 16.5. The van der Waals surface area contributed by atoms with E-state index in [1.807, 2.05) is 42.5 Å². The first-order valence-electron chi connectivity index (χ1n) is 12.7. The summed E-state index contributed by atoms with van der Waals surface area (Å²) in [6, 6.07) is 17.3. The van der Waals surface area contributed by atoms with Gasteiger partial charge in [-0.15, -0.1) is 0 Å². The monoisotopic (exact) mass is 503 g/mol. The smallest absolute Gasteiger partial charge is 0.305 e. The molecule has 1 saturated carbocycles. The summed E-state index contributed by atoms with van der Waals surface area (Å²) in [6.45, 7) is 1.88. The number of nitrogens with zero attached hydrogens (tertiary/aromatic N) is 1. The summed E-state index contributed by atoms with van der Waals surface area (Å²) < 4.78 is 10.4. The number of methoxy groups -OCH3 is 1. The minimum absolute atomic E-state index is 0.131. The molecule has 0 radical (unpaired) electrons. The van der Waals surface area contributed by atoms with E-state index in [2.05, 4.69) is 27.8 Å². The van der Waals surface area contributed by atoms with Gasteiger partial charge in [-0.05, 0) is 74.3 Å². The Balaban J connectivity index is 1.20. The van der Waals surface area contributed by atoms with E-state index >= 15 is 0 Å². The van der Waals surface area contributed by atoms with E-state index in [0.29, 0.717) is 29.9 Å². The number of aryl methyl sites for hydroxylation is 1. The molecular formula is C29H33N3O5. The molecule has 1 fully saturated rings. The zero-order valence-electron chi connectivity index (χ0n) is 21.3. The number of esters is 1. The third kappa shape index (κ3) is 7.06. The number of rotatable bonds is 9. The Hall–Kier alpha value is -3.94. The molecule has 0 saturated heterocycles. The summed E-state index contributed by atoms with van der Waals surface area (Å²) in [6.07, 6.45) is 4.77. The van der Waals surface area contributed by atoms with Crippen LogP contribution in [0.15, 0.2) is 59.0 Å². The maximum absolute atomic E-state index is 12.5. The lowest BCUT2D eigenvalue weighted by molar-refractivity contribution is -0.142. The lowest BCUT2D eigenvalue weighted by Gasteiger charge is -2.28. The molecule has 8 nitrogen and oxygen atoms in total. The summed E-state index contributed by atoms with van der Waals surface area (Å²) >= 11 is 0. The Labute approximate surface area is 216 Å². The summed E-state index contributed by atoms with van der Waals surface area (Å²) in [5, 5.41) is 5.62. The Morgan fingerprint density at radius 1 is 1.00 bits per heavy atom. The number of ether oxygens (including phenoxy) is 1. The van der Waals surface area contributed by atoms with E-state index < -0.39 is 0 Å². The van der Waals surface area contributed by atoms with Gasteiger partial charge in [0.05, 0.1) is 7.11 Å². The Morgan fingerprint density at radius 2 is 1.70 bits per heavy atom. The number of anilines is 1. The second-order valence-corrected chi connectivity index (χ2v) is 9.46. The van der Waals surface area contributed by atoms with Crippen molar-refractivity contribution in [1.29, 1.82) is 0 Å². The van der Waals surface area contributed by atoms with Crippen LogP contribution >= 0.6 is 0 Å². The third-order valence-corrected chi connectivity index (χ3v) is 6.87. The van der Waals surface area contributed by atoms with Crippen LogP contribution in [0, 0.1) is 12.8 Å². The molecule has 3 aromatic rings. The van der Waals surface area contributed by atoms with Crippen LogP contribution < -0.4 is 10.6 Å². The van der Waals surface area contributed by atoms with Gasteiger partial charge in [-0.1, -0.05) is 30.3 Å². The van der Waals surface area contributed by atoms with Gasteiger partial charge in [0.2, 0.25) is 11.8 Å².